The number of aliphatic hydroxyl groups excluding tert-OH is 1. The summed E-state index contributed by atoms with van der Waals surface area (Å²) in [5.74, 6) is 0. The second kappa shape index (κ2) is 5.61. The van der Waals surface area contributed by atoms with Crippen LogP contribution >= 0.6 is 0 Å². The number of rotatable bonds is 6. The van der Waals surface area contributed by atoms with Gasteiger partial charge in [-0.05, 0) is 31.1 Å². The molecule has 1 saturated carbocycles. The molecule has 0 bridgehead atoms. The first-order chi connectivity index (χ1) is 6.33. The zero-order chi connectivity index (χ0) is 9.57. The number of hydrogen-bond donors (Lipinski definition) is 1. The van der Waals surface area contributed by atoms with Gasteiger partial charge in [-0.25, -0.2) is 0 Å². The Balaban J connectivity index is 2.16. The summed E-state index contributed by atoms with van der Waals surface area (Å²) in [4.78, 5) is 0. The third-order valence-corrected chi connectivity index (χ3v) is 3.12. The Hall–Kier alpha value is -0.0800. The van der Waals surface area contributed by atoms with E-state index in [0.29, 0.717) is 6.61 Å². The Morgan fingerprint density at radius 1 is 1.23 bits per heavy atom. The van der Waals surface area contributed by atoms with Crippen LogP contribution in [-0.4, -0.2) is 24.9 Å². The molecule has 78 valence electrons. The maximum atomic E-state index is 9.32. The second-order valence-corrected chi connectivity index (χ2v) is 4.23. The fraction of sp³-hybridized carbons (Fsp3) is 1.00. The normalized spacial score (nSPS) is 20.8. The molecule has 1 rings (SSSR count). The highest BCUT2D eigenvalue weighted by molar-refractivity contribution is 4.83. The van der Waals surface area contributed by atoms with Crippen LogP contribution in [0.1, 0.15) is 45.4 Å². The molecule has 0 saturated heterocycles. The van der Waals surface area contributed by atoms with Crippen molar-refractivity contribution in [3.05, 3.63) is 0 Å². The molecule has 2 heteroatoms. The number of hydrogen-bond acceptors (Lipinski definition) is 2. The molecular formula is C11H22O2. The van der Waals surface area contributed by atoms with E-state index in [-0.39, 0.29) is 5.41 Å². The summed E-state index contributed by atoms with van der Waals surface area (Å²) >= 11 is 0. The molecule has 1 fully saturated rings. The van der Waals surface area contributed by atoms with Crippen LogP contribution in [0.5, 0.6) is 0 Å². The van der Waals surface area contributed by atoms with Crippen molar-refractivity contribution in [1.82, 2.24) is 0 Å². The summed E-state index contributed by atoms with van der Waals surface area (Å²) < 4.78 is 5.46. The van der Waals surface area contributed by atoms with Crippen molar-refractivity contribution in [3.63, 3.8) is 0 Å². The molecule has 0 radical (unpaired) electrons. The van der Waals surface area contributed by atoms with Crippen molar-refractivity contribution in [2.45, 2.75) is 45.4 Å². The number of ether oxygens (including phenoxy) is 1. The monoisotopic (exact) mass is 186 g/mol. The summed E-state index contributed by atoms with van der Waals surface area (Å²) in [6.45, 7) is 4.16. The van der Waals surface area contributed by atoms with Crippen molar-refractivity contribution >= 4 is 0 Å². The Bertz CT molecular complexity index is 128. The highest BCUT2D eigenvalue weighted by atomic mass is 16.5. The first-order valence-corrected chi connectivity index (χ1v) is 5.51. The Kier molecular flexibility index (Phi) is 4.74. The molecule has 1 aliphatic rings. The SMILES string of the molecule is CCCOCCC1(CO)CCCC1. The first kappa shape index (κ1) is 11.0. The van der Waals surface area contributed by atoms with Gasteiger partial charge in [0.15, 0.2) is 0 Å². The fourth-order valence-electron chi connectivity index (χ4n) is 2.15. The molecule has 0 atom stereocenters. The van der Waals surface area contributed by atoms with Gasteiger partial charge in [-0.3, -0.25) is 0 Å². The minimum Gasteiger partial charge on any atom is -0.396 e. The van der Waals surface area contributed by atoms with Crippen molar-refractivity contribution in [2.24, 2.45) is 5.41 Å². The Morgan fingerprint density at radius 2 is 1.92 bits per heavy atom. The van der Waals surface area contributed by atoms with E-state index in [4.69, 9.17) is 4.74 Å². The fourth-order valence-corrected chi connectivity index (χ4v) is 2.15. The topological polar surface area (TPSA) is 29.5 Å². The van der Waals surface area contributed by atoms with E-state index in [1.807, 2.05) is 0 Å². The minimum absolute atomic E-state index is 0.216. The summed E-state index contributed by atoms with van der Waals surface area (Å²) in [7, 11) is 0. The summed E-state index contributed by atoms with van der Waals surface area (Å²) in [6, 6.07) is 0. The van der Waals surface area contributed by atoms with E-state index in [2.05, 4.69) is 6.92 Å². The van der Waals surface area contributed by atoms with Gasteiger partial charge in [-0.1, -0.05) is 19.8 Å². The van der Waals surface area contributed by atoms with Gasteiger partial charge in [0, 0.05) is 19.8 Å². The molecule has 0 aromatic heterocycles. The molecule has 0 spiro atoms. The highest BCUT2D eigenvalue weighted by Crippen LogP contribution is 2.40. The zero-order valence-corrected chi connectivity index (χ0v) is 8.72. The molecule has 0 aromatic rings. The van der Waals surface area contributed by atoms with Gasteiger partial charge in [0.2, 0.25) is 0 Å². The van der Waals surface area contributed by atoms with Crippen LogP contribution in [0, 0.1) is 5.41 Å². The van der Waals surface area contributed by atoms with Crippen LogP contribution in [0.2, 0.25) is 0 Å². The van der Waals surface area contributed by atoms with Gasteiger partial charge in [0.25, 0.3) is 0 Å². The van der Waals surface area contributed by atoms with Crippen molar-refractivity contribution in [1.29, 1.82) is 0 Å². The van der Waals surface area contributed by atoms with Crippen LogP contribution < -0.4 is 0 Å². The first-order valence-electron chi connectivity index (χ1n) is 5.51. The maximum absolute atomic E-state index is 9.32. The molecule has 1 N–H and O–H groups in total. The van der Waals surface area contributed by atoms with E-state index in [9.17, 15) is 5.11 Å². The van der Waals surface area contributed by atoms with Crippen molar-refractivity contribution in [2.75, 3.05) is 19.8 Å². The van der Waals surface area contributed by atoms with Crippen LogP contribution in [-0.2, 0) is 4.74 Å². The van der Waals surface area contributed by atoms with E-state index in [1.165, 1.54) is 25.7 Å². The number of aliphatic hydroxyl groups is 1. The Labute approximate surface area is 81.3 Å². The van der Waals surface area contributed by atoms with E-state index in [1.54, 1.807) is 0 Å². The van der Waals surface area contributed by atoms with Crippen molar-refractivity contribution < 1.29 is 9.84 Å². The van der Waals surface area contributed by atoms with E-state index >= 15 is 0 Å². The summed E-state index contributed by atoms with van der Waals surface area (Å²) in [5, 5.41) is 9.32. The maximum Gasteiger partial charge on any atom is 0.0488 e. The smallest absolute Gasteiger partial charge is 0.0488 e. The van der Waals surface area contributed by atoms with Crippen LogP contribution in [0.15, 0.2) is 0 Å². The molecule has 0 aromatic carbocycles. The van der Waals surface area contributed by atoms with Gasteiger partial charge in [-0.15, -0.1) is 0 Å². The van der Waals surface area contributed by atoms with Gasteiger partial charge < -0.3 is 9.84 Å². The predicted molar refractivity (Wildman–Crippen MR) is 53.7 cm³/mol. The van der Waals surface area contributed by atoms with Gasteiger partial charge >= 0.3 is 0 Å². The van der Waals surface area contributed by atoms with Crippen molar-refractivity contribution in [3.8, 4) is 0 Å². The standard InChI is InChI=1S/C11H22O2/c1-2-8-13-9-7-11(10-12)5-3-4-6-11/h12H,2-10H2,1H3. The van der Waals surface area contributed by atoms with Gasteiger partial charge in [0.1, 0.15) is 0 Å². The van der Waals surface area contributed by atoms with Gasteiger partial charge in [-0.2, -0.15) is 0 Å². The summed E-state index contributed by atoms with van der Waals surface area (Å²) in [6.07, 6.45) is 7.09. The van der Waals surface area contributed by atoms with Crippen LogP contribution in [0.3, 0.4) is 0 Å². The lowest BCUT2D eigenvalue weighted by molar-refractivity contribution is 0.0603. The molecule has 0 aliphatic heterocycles. The minimum atomic E-state index is 0.216. The van der Waals surface area contributed by atoms with Crippen LogP contribution in [0.4, 0.5) is 0 Å². The molecule has 0 unspecified atom stereocenters. The average Bonchev–Trinajstić information content (AvgIpc) is 2.62. The average molecular weight is 186 g/mol. The molecule has 0 heterocycles. The molecular weight excluding hydrogens is 164 g/mol. The molecule has 13 heavy (non-hydrogen) atoms. The third kappa shape index (κ3) is 3.28. The molecule has 1 aliphatic carbocycles. The Morgan fingerprint density at radius 3 is 2.46 bits per heavy atom. The largest absolute Gasteiger partial charge is 0.396 e. The highest BCUT2D eigenvalue weighted by Gasteiger charge is 2.32. The quantitative estimate of drug-likeness (QED) is 0.645. The predicted octanol–water partition coefficient (Wildman–Crippen LogP) is 2.36. The second-order valence-electron chi connectivity index (χ2n) is 4.23. The van der Waals surface area contributed by atoms with E-state index < -0.39 is 0 Å². The van der Waals surface area contributed by atoms with E-state index in [0.717, 1.165) is 26.1 Å². The van der Waals surface area contributed by atoms with Gasteiger partial charge in [0.05, 0.1) is 0 Å². The third-order valence-electron chi connectivity index (χ3n) is 3.12. The lowest BCUT2D eigenvalue weighted by Crippen LogP contribution is -2.23. The molecule has 0 amide bonds. The molecule has 2 nitrogen and oxygen atoms in total. The lowest BCUT2D eigenvalue weighted by Gasteiger charge is -2.25. The van der Waals surface area contributed by atoms with Crippen LogP contribution in [0.25, 0.3) is 0 Å². The summed E-state index contributed by atoms with van der Waals surface area (Å²) in [5.41, 5.74) is 0.216. The zero-order valence-electron chi connectivity index (χ0n) is 8.72. The lowest BCUT2D eigenvalue weighted by atomic mass is 9.84.